The molecule has 0 saturated heterocycles. The van der Waals surface area contributed by atoms with Gasteiger partial charge in [0.05, 0.1) is 10.9 Å². The fourth-order valence-electron chi connectivity index (χ4n) is 1.06. The van der Waals surface area contributed by atoms with Gasteiger partial charge in [0.15, 0.2) is 0 Å². The minimum absolute atomic E-state index is 0.391. The number of aliphatic imine (C=N–C) groups is 1. The van der Waals surface area contributed by atoms with Gasteiger partial charge in [-0.25, -0.2) is 0 Å². The molecule has 0 bridgehead atoms. The van der Waals surface area contributed by atoms with Crippen LogP contribution in [0.5, 0.6) is 0 Å². The normalized spacial score (nSPS) is 8.53. The van der Waals surface area contributed by atoms with Crippen molar-refractivity contribution in [1.29, 1.82) is 0 Å². The molecule has 0 radical (unpaired) electrons. The number of nitrogens with zero attached hydrogens (tertiary/aromatic N) is 3. The summed E-state index contributed by atoms with van der Waals surface area (Å²) in [5, 5.41) is 6.15. The van der Waals surface area contributed by atoms with Crippen LogP contribution in [0.15, 0.2) is 11.1 Å². The molecule has 0 aliphatic carbocycles. The molecule has 0 saturated carbocycles. The van der Waals surface area contributed by atoms with Crippen molar-refractivity contribution < 1.29 is 4.79 Å². The van der Waals surface area contributed by atoms with Gasteiger partial charge in [0.2, 0.25) is 0 Å². The Morgan fingerprint density at radius 1 is 1.67 bits per heavy atom. The number of hydrogen-bond acceptors (Lipinski definition) is 3. The quantitative estimate of drug-likeness (QED) is 0.574. The van der Waals surface area contributed by atoms with E-state index in [0.717, 1.165) is 5.69 Å². The van der Waals surface area contributed by atoms with E-state index in [1.807, 2.05) is 32.9 Å². The molecule has 0 aliphatic heterocycles. The summed E-state index contributed by atoms with van der Waals surface area (Å²) < 4.78 is 1.59. The summed E-state index contributed by atoms with van der Waals surface area (Å²) in [4.78, 5) is 14.7. The van der Waals surface area contributed by atoms with Gasteiger partial charge in [-0.3, -0.25) is 9.48 Å². The van der Waals surface area contributed by atoms with E-state index >= 15 is 0 Å². The maximum absolute atomic E-state index is 11.3. The highest BCUT2D eigenvalue weighted by molar-refractivity contribution is 7.78. The van der Waals surface area contributed by atoms with E-state index in [9.17, 15) is 4.79 Å². The van der Waals surface area contributed by atoms with Gasteiger partial charge in [-0.1, -0.05) is 13.8 Å². The molecule has 4 nitrogen and oxygen atoms in total. The number of hydrogen-bond donors (Lipinski definition) is 0. The lowest BCUT2D eigenvalue weighted by Gasteiger charge is -1.97. The summed E-state index contributed by atoms with van der Waals surface area (Å²) in [6, 6.07) is 1.68. The van der Waals surface area contributed by atoms with Crippen molar-refractivity contribution in [2.75, 3.05) is 0 Å². The van der Waals surface area contributed by atoms with Crippen molar-refractivity contribution in [3.05, 3.63) is 17.5 Å². The van der Waals surface area contributed by atoms with Gasteiger partial charge >= 0.3 is 5.91 Å². The Balaban J connectivity index is 0.000000921. The molecule has 0 N–H and O–H groups in total. The first-order valence-corrected chi connectivity index (χ1v) is 5.26. The minimum Gasteiger partial charge on any atom is -0.264 e. The summed E-state index contributed by atoms with van der Waals surface area (Å²) >= 11 is 4.35. The lowest BCUT2D eigenvalue weighted by atomic mass is 10.3. The second kappa shape index (κ2) is 7.04. The monoisotopic (exact) mass is 225 g/mol. The van der Waals surface area contributed by atoms with E-state index in [0.29, 0.717) is 12.2 Å². The number of carbonyl (C=O) groups is 1. The standard InChI is InChI=1S/C8H9N3OS.C2H6/c1-3-11-7(4-6(2)10-11)8(12)9-5-13;1-2/h4H,3H2,1-2H3;1-2H3. The molecular weight excluding hydrogens is 210 g/mol. The maximum Gasteiger partial charge on any atom is 0.304 e. The number of aromatic nitrogens is 2. The molecule has 0 aliphatic rings. The number of isothiocyanates is 1. The van der Waals surface area contributed by atoms with Crippen molar-refractivity contribution in [1.82, 2.24) is 9.78 Å². The molecule has 0 spiro atoms. The van der Waals surface area contributed by atoms with Crippen molar-refractivity contribution >= 4 is 23.3 Å². The third-order valence-corrected chi connectivity index (χ3v) is 1.66. The second-order valence-electron chi connectivity index (χ2n) is 2.49. The van der Waals surface area contributed by atoms with E-state index in [2.05, 4.69) is 22.3 Å². The van der Waals surface area contributed by atoms with Crippen LogP contribution in [0.1, 0.15) is 37.0 Å². The molecule has 1 heterocycles. The van der Waals surface area contributed by atoms with E-state index < -0.39 is 5.91 Å². The molecule has 0 aromatic carbocycles. The molecular formula is C10H15N3OS. The van der Waals surface area contributed by atoms with Crippen LogP contribution in [-0.2, 0) is 6.54 Å². The molecule has 82 valence electrons. The van der Waals surface area contributed by atoms with Crippen LogP contribution in [0.2, 0.25) is 0 Å². The highest BCUT2D eigenvalue weighted by atomic mass is 32.1. The van der Waals surface area contributed by atoms with Crippen LogP contribution in [0.3, 0.4) is 0 Å². The van der Waals surface area contributed by atoms with E-state index in [4.69, 9.17) is 0 Å². The Morgan fingerprint density at radius 3 is 2.73 bits per heavy atom. The van der Waals surface area contributed by atoms with Gasteiger partial charge in [0.1, 0.15) is 5.69 Å². The highest BCUT2D eigenvalue weighted by Crippen LogP contribution is 2.04. The minimum atomic E-state index is -0.391. The molecule has 1 aromatic heterocycles. The number of amides is 1. The Bertz CT molecular complexity index is 378. The Hall–Kier alpha value is -1.32. The van der Waals surface area contributed by atoms with Crippen molar-refractivity contribution in [3.63, 3.8) is 0 Å². The van der Waals surface area contributed by atoms with Gasteiger partial charge < -0.3 is 0 Å². The zero-order chi connectivity index (χ0) is 11.8. The summed E-state index contributed by atoms with van der Waals surface area (Å²) in [5.41, 5.74) is 1.25. The lowest BCUT2D eigenvalue weighted by Crippen LogP contribution is -2.07. The first-order chi connectivity index (χ1) is 7.19. The largest absolute Gasteiger partial charge is 0.304 e. The summed E-state index contributed by atoms with van der Waals surface area (Å²) in [6.07, 6.45) is 0. The van der Waals surface area contributed by atoms with Gasteiger partial charge in [-0.15, -0.1) is 0 Å². The first kappa shape index (κ1) is 13.7. The Morgan fingerprint density at radius 2 is 2.27 bits per heavy atom. The topological polar surface area (TPSA) is 47.2 Å². The highest BCUT2D eigenvalue weighted by Gasteiger charge is 2.10. The fourth-order valence-corrected chi connectivity index (χ4v) is 1.14. The lowest BCUT2D eigenvalue weighted by molar-refractivity contribution is 0.0993. The van der Waals surface area contributed by atoms with Crippen LogP contribution >= 0.6 is 12.2 Å². The Kier molecular flexibility index (Phi) is 6.42. The van der Waals surface area contributed by atoms with E-state index in [-0.39, 0.29) is 0 Å². The van der Waals surface area contributed by atoms with Crippen LogP contribution in [-0.4, -0.2) is 20.8 Å². The van der Waals surface area contributed by atoms with Crippen molar-refractivity contribution in [3.8, 4) is 0 Å². The number of thiocarbonyl (C=S) groups is 1. The van der Waals surface area contributed by atoms with Crippen molar-refractivity contribution in [2.24, 2.45) is 4.99 Å². The van der Waals surface area contributed by atoms with Gasteiger partial charge in [0.25, 0.3) is 0 Å². The zero-order valence-corrected chi connectivity index (χ0v) is 10.3. The molecule has 0 fully saturated rings. The maximum atomic E-state index is 11.3. The van der Waals surface area contributed by atoms with Crippen LogP contribution in [0.25, 0.3) is 0 Å². The smallest absolute Gasteiger partial charge is 0.264 e. The average Bonchev–Trinajstić information content (AvgIpc) is 2.63. The zero-order valence-electron chi connectivity index (χ0n) is 9.44. The van der Waals surface area contributed by atoms with Crippen LogP contribution in [0.4, 0.5) is 0 Å². The third-order valence-electron chi connectivity index (χ3n) is 1.57. The van der Waals surface area contributed by atoms with Gasteiger partial charge in [0, 0.05) is 6.54 Å². The first-order valence-electron chi connectivity index (χ1n) is 4.85. The molecule has 0 atom stereocenters. The molecule has 15 heavy (non-hydrogen) atoms. The summed E-state index contributed by atoms with van der Waals surface area (Å²) in [5.74, 6) is -0.391. The van der Waals surface area contributed by atoms with Crippen molar-refractivity contribution in [2.45, 2.75) is 34.2 Å². The van der Waals surface area contributed by atoms with Gasteiger partial charge in [-0.05, 0) is 32.1 Å². The van der Waals surface area contributed by atoms with E-state index in [1.165, 1.54) is 0 Å². The number of rotatable bonds is 2. The Labute approximate surface area is 95.0 Å². The number of aryl methyl sites for hydroxylation is 2. The van der Waals surface area contributed by atoms with Crippen LogP contribution < -0.4 is 0 Å². The molecule has 5 heteroatoms. The molecule has 0 unspecified atom stereocenters. The second-order valence-corrected chi connectivity index (χ2v) is 2.68. The predicted octanol–water partition coefficient (Wildman–Crippen LogP) is 2.48. The van der Waals surface area contributed by atoms with Crippen LogP contribution in [0, 0.1) is 6.92 Å². The fraction of sp³-hybridized carbons (Fsp3) is 0.500. The van der Waals surface area contributed by atoms with Gasteiger partial charge in [-0.2, -0.15) is 10.1 Å². The molecule has 1 amide bonds. The summed E-state index contributed by atoms with van der Waals surface area (Å²) in [6.45, 7) is 8.37. The summed E-state index contributed by atoms with van der Waals surface area (Å²) in [7, 11) is 0. The number of carbonyl (C=O) groups excluding carboxylic acids is 1. The molecule has 1 aromatic rings. The average molecular weight is 225 g/mol. The molecule has 1 rings (SSSR count). The predicted molar refractivity (Wildman–Crippen MR) is 63.3 cm³/mol. The third kappa shape index (κ3) is 3.73. The SMILES string of the molecule is CC.CCn1nc(C)cc1C(=O)N=C=S. The van der Waals surface area contributed by atoms with E-state index in [1.54, 1.807) is 10.7 Å².